The third-order valence-corrected chi connectivity index (χ3v) is 3.81. The zero-order valence-electron chi connectivity index (χ0n) is 15.1. The number of amides is 1. The molecule has 0 aliphatic carbocycles. The second kappa shape index (κ2) is 9.94. The van der Waals surface area contributed by atoms with E-state index in [2.05, 4.69) is 33.0 Å². The quantitative estimate of drug-likeness (QED) is 0.185. The van der Waals surface area contributed by atoms with Crippen LogP contribution in [-0.4, -0.2) is 32.2 Å². The first-order valence-electron chi connectivity index (χ1n) is 7.96. The number of hydrazone groups is 1. The number of carbonyl (C=O) groups is 1. The summed E-state index contributed by atoms with van der Waals surface area (Å²) in [4.78, 5) is 34.3. The molecular formula is C16H18N5O6PS. The summed E-state index contributed by atoms with van der Waals surface area (Å²) < 4.78 is 21.0. The van der Waals surface area contributed by atoms with Crippen molar-refractivity contribution in [3.63, 3.8) is 0 Å². The third kappa shape index (κ3) is 7.47. The molecule has 2 rings (SSSR count). The van der Waals surface area contributed by atoms with E-state index in [-0.39, 0.29) is 23.0 Å². The smallest absolute Gasteiger partial charge is 0.444 e. The zero-order chi connectivity index (χ0) is 21.4. The van der Waals surface area contributed by atoms with E-state index in [4.69, 9.17) is 24.8 Å². The van der Waals surface area contributed by atoms with Crippen LogP contribution in [-0.2, 0) is 15.9 Å². The number of para-hydroxylation sites is 1. The van der Waals surface area contributed by atoms with Crippen molar-refractivity contribution in [2.45, 2.75) is 13.5 Å². The molecule has 0 spiro atoms. The lowest BCUT2D eigenvalue weighted by atomic mass is 10.1. The lowest BCUT2D eigenvalue weighted by Crippen LogP contribution is -2.24. The van der Waals surface area contributed by atoms with Gasteiger partial charge in [0.1, 0.15) is 18.1 Å². The van der Waals surface area contributed by atoms with Gasteiger partial charge in [-0.05, 0) is 36.8 Å². The number of phosphoric acid groups is 1. The summed E-state index contributed by atoms with van der Waals surface area (Å²) in [5.41, 5.74) is 9.03. The second-order valence-corrected chi connectivity index (χ2v) is 7.12. The highest BCUT2D eigenvalue weighted by Gasteiger charge is 2.20. The Balaban J connectivity index is 2.07. The Hall–Kier alpha value is -3.05. The summed E-state index contributed by atoms with van der Waals surface area (Å²) in [6.07, 6.45) is 1.98. The minimum Gasteiger partial charge on any atom is -0.444 e. The molecule has 0 saturated carbocycles. The molecular weight excluding hydrogens is 421 g/mol. The standard InChI is InChI=1S/C16H18N5O6PS/c1-10-4-2-5-11(14(10)27-28(23,24)25)9-26-16(22)20-12-6-3-7-18-13(12)8-19-21-15(17)29/h2-8H,9H2,1H3,(H,20,22)(H3,17,21,29)(H2,23,24,25). The average Bonchev–Trinajstić information content (AvgIpc) is 2.62. The molecule has 1 aromatic carbocycles. The number of hydrogen-bond donors (Lipinski definition) is 5. The maximum Gasteiger partial charge on any atom is 0.524 e. The van der Waals surface area contributed by atoms with Crippen LogP contribution in [0.4, 0.5) is 10.5 Å². The molecule has 2 aromatic rings. The molecule has 0 unspecified atom stereocenters. The van der Waals surface area contributed by atoms with Crippen LogP contribution in [0.25, 0.3) is 0 Å². The number of aryl methyl sites for hydroxylation is 1. The van der Waals surface area contributed by atoms with Crippen molar-refractivity contribution in [2.24, 2.45) is 10.8 Å². The van der Waals surface area contributed by atoms with Gasteiger partial charge >= 0.3 is 13.9 Å². The molecule has 0 atom stereocenters. The predicted molar refractivity (Wildman–Crippen MR) is 109 cm³/mol. The number of nitrogens with two attached hydrogens (primary N) is 1. The maximum atomic E-state index is 12.1. The first kappa shape index (κ1) is 22.2. The van der Waals surface area contributed by atoms with Crippen LogP contribution < -0.4 is 21.0 Å². The Bertz CT molecular complexity index is 980. The van der Waals surface area contributed by atoms with Gasteiger partial charge in [0.25, 0.3) is 0 Å². The molecule has 0 aliphatic rings. The lowest BCUT2D eigenvalue weighted by molar-refractivity contribution is 0.154. The Labute approximate surface area is 171 Å². The molecule has 0 radical (unpaired) electrons. The van der Waals surface area contributed by atoms with Gasteiger partial charge in [-0.15, -0.1) is 0 Å². The van der Waals surface area contributed by atoms with Crippen LogP contribution in [0.1, 0.15) is 16.8 Å². The number of thiocarbonyl (C=S) groups is 1. The monoisotopic (exact) mass is 439 g/mol. The van der Waals surface area contributed by atoms with Gasteiger partial charge in [-0.2, -0.15) is 5.10 Å². The van der Waals surface area contributed by atoms with E-state index in [1.54, 1.807) is 31.2 Å². The van der Waals surface area contributed by atoms with Crippen molar-refractivity contribution in [3.05, 3.63) is 53.3 Å². The van der Waals surface area contributed by atoms with E-state index >= 15 is 0 Å². The number of hydrogen-bond acceptors (Lipinski definition) is 7. The molecule has 0 fully saturated rings. The average molecular weight is 439 g/mol. The summed E-state index contributed by atoms with van der Waals surface area (Å²) in [7, 11) is -4.77. The fourth-order valence-corrected chi connectivity index (χ4v) is 2.70. The first-order chi connectivity index (χ1) is 13.7. The number of rotatable bonds is 7. The van der Waals surface area contributed by atoms with Gasteiger partial charge in [0.15, 0.2) is 5.11 Å². The van der Waals surface area contributed by atoms with Gasteiger partial charge < -0.3 is 15.0 Å². The molecule has 0 aliphatic heterocycles. The Morgan fingerprint density at radius 1 is 1.38 bits per heavy atom. The molecule has 1 amide bonds. The minimum absolute atomic E-state index is 0.0300. The summed E-state index contributed by atoms with van der Waals surface area (Å²) in [6.45, 7) is 1.33. The SMILES string of the molecule is Cc1cccc(COC(=O)Nc2cccnc2C=NNC(N)=S)c1OP(=O)(O)O. The fraction of sp³-hybridized carbons (Fsp3) is 0.125. The molecule has 0 bridgehead atoms. The molecule has 6 N–H and O–H groups in total. The zero-order valence-corrected chi connectivity index (χ0v) is 16.8. The van der Waals surface area contributed by atoms with Gasteiger partial charge in [0, 0.05) is 11.8 Å². The minimum atomic E-state index is -4.77. The number of benzene rings is 1. The summed E-state index contributed by atoms with van der Waals surface area (Å²) >= 11 is 4.63. The van der Waals surface area contributed by atoms with Crippen LogP contribution in [0, 0.1) is 6.92 Å². The van der Waals surface area contributed by atoms with E-state index in [0.29, 0.717) is 16.9 Å². The number of anilines is 1. The van der Waals surface area contributed by atoms with E-state index in [1.807, 2.05) is 0 Å². The van der Waals surface area contributed by atoms with Crippen LogP contribution in [0.5, 0.6) is 5.75 Å². The molecule has 154 valence electrons. The molecule has 13 heteroatoms. The molecule has 0 saturated heterocycles. The Kier molecular flexibility index (Phi) is 7.62. The van der Waals surface area contributed by atoms with Crippen molar-refractivity contribution >= 4 is 43.1 Å². The van der Waals surface area contributed by atoms with Crippen molar-refractivity contribution in [3.8, 4) is 5.75 Å². The number of nitrogens with one attached hydrogen (secondary N) is 2. The highest BCUT2D eigenvalue weighted by molar-refractivity contribution is 7.80. The summed E-state index contributed by atoms with van der Waals surface area (Å²) in [5.74, 6) is -0.0494. The highest BCUT2D eigenvalue weighted by Crippen LogP contribution is 2.40. The van der Waals surface area contributed by atoms with Crippen molar-refractivity contribution < 1.29 is 28.4 Å². The Morgan fingerprint density at radius 3 is 2.83 bits per heavy atom. The van der Waals surface area contributed by atoms with E-state index in [0.717, 1.165) is 0 Å². The maximum absolute atomic E-state index is 12.1. The predicted octanol–water partition coefficient (Wildman–Crippen LogP) is 1.78. The summed E-state index contributed by atoms with van der Waals surface area (Å²) in [5, 5.41) is 6.24. The van der Waals surface area contributed by atoms with Gasteiger partial charge in [-0.25, -0.2) is 9.36 Å². The van der Waals surface area contributed by atoms with Crippen molar-refractivity contribution in [1.29, 1.82) is 0 Å². The highest BCUT2D eigenvalue weighted by atomic mass is 32.1. The number of aromatic nitrogens is 1. The molecule has 1 aromatic heterocycles. The van der Waals surface area contributed by atoms with E-state index < -0.39 is 13.9 Å². The van der Waals surface area contributed by atoms with Crippen LogP contribution in [0.2, 0.25) is 0 Å². The number of ether oxygens (including phenoxy) is 1. The number of carbonyl (C=O) groups excluding carboxylic acids is 1. The van der Waals surface area contributed by atoms with Crippen molar-refractivity contribution in [2.75, 3.05) is 5.32 Å². The van der Waals surface area contributed by atoms with Crippen LogP contribution in [0.3, 0.4) is 0 Å². The fourth-order valence-electron chi connectivity index (χ4n) is 2.15. The topological polar surface area (TPSA) is 168 Å². The second-order valence-electron chi connectivity index (χ2n) is 5.52. The number of nitrogens with zero attached hydrogens (tertiary/aromatic N) is 2. The lowest BCUT2D eigenvalue weighted by Gasteiger charge is -2.15. The van der Waals surface area contributed by atoms with Crippen LogP contribution >= 0.6 is 20.0 Å². The largest absolute Gasteiger partial charge is 0.524 e. The van der Waals surface area contributed by atoms with E-state index in [9.17, 15) is 9.36 Å². The van der Waals surface area contributed by atoms with Gasteiger partial charge in [0.2, 0.25) is 0 Å². The van der Waals surface area contributed by atoms with Gasteiger partial charge in [0.05, 0.1) is 11.9 Å². The number of phosphoric ester groups is 1. The molecule has 11 nitrogen and oxygen atoms in total. The van der Waals surface area contributed by atoms with Crippen LogP contribution in [0.15, 0.2) is 41.6 Å². The van der Waals surface area contributed by atoms with Gasteiger partial charge in [-0.1, -0.05) is 18.2 Å². The first-order valence-corrected chi connectivity index (χ1v) is 9.90. The molecule has 1 heterocycles. The normalized spacial score (nSPS) is 11.1. The van der Waals surface area contributed by atoms with Crippen molar-refractivity contribution in [1.82, 2.24) is 10.4 Å². The summed E-state index contributed by atoms with van der Waals surface area (Å²) in [6, 6.07) is 7.95. The van der Waals surface area contributed by atoms with E-state index in [1.165, 1.54) is 18.5 Å². The number of pyridine rings is 1. The molecule has 29 heavy (non-hydrogen) atoms. The third-order valence-electron chi connectivity index (χ3n) is 3.30. The Morgan fingerprint density at radius 2 is 2.14 bits per heavy atom. The van der Waals surface area contributed by atoms with Gasteiger partial charge in [-0.3, -0.25) is 25.5 Å².